The molecule has 0 amide bonds. The van der Waals surface area contributed by atoms with Crippen LogP contribution in [0.25, 0.3) is 11.3 Å². The van der Waals surface area contributed by atoms with Crippen molar-refractivity contribution < 1.29 is 78.0 Å². The highest BCUT2D eigenvalue weighted by Gasteiger charge is 2.46. The van der Waals surface area contributed by atoms with Crippen molar-refractivity contribution in [3.63, 3.8) is 0 Å². The van der Waals surface area contributed by atoms with Gasteiger partial charge in [0.25, 0.3) is 0 Å². The minimum absolute atomic E-state index is 0.0561. The first kappa shape index (κ1) is 41.5. The Morgan fingerprint density at radius 3 is 1.74 bits per heavy atom. The molecule has 0 aliphatic carbocycles. The van der Waals surface area contributed by atoms with Crippen LogP contribution in [0.2, 0.25) is 0 Å². The number of aromatic nitrogens is 2. The van der Waals surface area contributed by atoms with Gasteiger partial charge in [0.15, 0.2) is 0 Å². The van der Waals surface area contributed by atoms with E-state index >= 15 is 0 Å². The molecule has 0 radical (unpaired) electrons. The van der Waals surface area contributed by atoms with E-state index in [1.54, 1.807) is 12.1 Å². The highest BCUT2D eigenvalue weighted by Crippen LogP contribution is 2.41. The first-order valence-electron chi connectivity index (χ1n) is 14.1. The van der Waals surface area contributed by atoms with E-state index in [2.05, 4.69) is 27.5 Å². The topological polar surface area (TPSA) is 149 Å². The Morgan fingerprint density at radius 1 is 0.820 bits per heavy atom. The van der Waals surface area contributed by atoms with E-state index in [-0.39, 0.29) is 11.4 Å². The van der Waals surface area contributed by atoms with E-state index in [0.717, 1.165) is 74.2 Å². The maximum Gasteiger partial charge on any atom is 0.490 e. The van der Waals surface area contributed by atoms with Gasteiger partial charge in [0.1, 0.15) is 23.2 Å². The van der Waals surface area contributed by atoms with Crippen LogP contribution >= 0.6 is 0 Å². The van der Waals surface area contributed by atoms with Gasteiger partial charge in [0, 0.05) is 31.7 Å². The number of aliphatic carboxylic acids is 3. The fourth-order valence-corrected chi connectivity index (χ4v) is 4.96. The van der Waals surface area contributed by atoms with Crippen LogP contribution in [0.3, 0.4) is 0 Å². The van der Waals surface area contributed by atoms with Gasteiger partial charge in [-0.3, -0.25) is 9.80 Å². The summed E-state index contributed by atoms with van der Waals surface area (Å²) in [6.07, 6.45) is -11.3. The molecule has 2 aliphatic rings. The molecule has 5 rings (SSSR count). The number of halogens is 10. The molecule has 21 heteroatoms. The molecule has 0 atom stereocenters. The summed E-state index contributed by atoms with van der Waals surface area (Å²) in [6, 6.07) is 10.9. The molecule has 50 heavy (non-hydrogen) atoms. The van der Waals surface area contributed by atoms with Gasteiger partial charge in [-0.15, -0.1) is 0 Å². The Kier molecular flexibility index (Phi) is 13.6. The summed E-state index contributed by atoms with van der Waals surface area (Å²) in [4.78, 5) is 36.5. The lowest BCUT2D eigenvalue weighted by Crippen LogP contribution is -2.56. The average molecular weight is 737 g/mol. The number of carboxylic acid groups (broad SMARTS) is 3. The molecule has 2 aromatic heterocycles. The molecule has 1 saturated heterocycles. The van der Waals surface area contributed by atoms with E-state index in [1.807, 2.05) is 25.3 Å². The smallest absolute Gasteiger partial charge is 0.475 e. The highest BCUT2D eigenvalue weighted by molar-refractivity contribution is 5.73. The Bertz CT molecular complexity index is 1550. The molecule has 0 unspecified atom stereocenters. The van der Waals surface area contributed by atoms with Gasteiger partial charge in [-0.05, 0) is 51.1 Å². The third kappa shape index (κ3) is 11.5. The Hall–Kier alpha value is -4.66. The number of carbonyl (C=O) groups is 3. The standard InChI is InChI=1S/C23H27FN4O.3C2HF3O2/c1-17-6-7-20(29-17)16-27-10-8-23(9-11-27)22-25-15-21(28(22)13-12-26(23)2)18-4-3-5-19(24)14-18;3*3-2(4,5)1(6)7/h3-7,14-15H,8-13,16H2,1-2H3;3*(H,6,7). The molecule has 0 saturated carbocycles. The van der Waals surface area contributed by atoms with Gasteiger partial charge in [0.05, 0.1) is 24.0 Å². The van der Waals surface area contributed by atoms with Crippen molar-refractivity contribution in [1.29, 1.82) is 0 Å². The maximum atomic E-state index is 13.8. The van der Waals surface area contributed by atoms with Crippen LogP contribution in [0.1, 0.15) is 30.2 Å². The molecule has 1 aromatic carbocycles. The first-order chi connectivity index (χ1) is 22.9. The summed E-state index contributed by atoms with van der Waals surface area (Å²) >= 11 is 0. The summed E-state index contributed by atoms with van der Waals surface area (Å²) in [7, 11) is 2.21. The number of hydrogen-bond acceptors (Lipinski definition) is 7. The van der Waals surface area contributed by atoms with Crippen LogP contribution in [0.4, 0.5) is 43.9 Å². The number of nitrogens with zero attached hydrogens (tertiary/aromatic N) is 4. The zero-order valence-corrected chi connectivity index (χ0v) is 26.0. The lowest BCUT2D eigenvalue weighted by atomic mass is 9.83. The molecule has 3 aromatic rings. The number of rotatable bonds is 3. The van der Waals surface area contributed by atoms with Gasteiger partial charge in [-0.1, -0.05) is 12.1 Å². The van der Waals surface area contributed by atoms with Crippen LogP contribution in [0, 0.1) is 12.7 Å². The SMILES string of the molecule is Cc1ccc(CN2CCC3(CC2)c2ncc(-c4cccc(F)c4)n2CCN3C)o1.O=C(O)C(F)(F)F.O=C(O)C(F)(F)F.O=C(O)C(F)(F)F. The number of aryl methyl sites for hydroxylation is 1. The minimum atomic E-state index is -5.08. The number of alkyl halides is 9. The first-order valence-corrected chi connectivity index (χ1v) is 14.1. The molecule has 0 bridgehead atoms. The summed E-state index contributed by atoms with van der Waals surface area (Å²) in [5.74, 6) is -5.36. The maximum absolute atomic E-state index is 13.8. The van der Waals surface area contributed by atoms with Crippen LogP contribution in [0.5, 0.6) is 0 Å². The molecule has 2 aliphatic heterocycles. The van der Waals surface area contributed by atoms with Gasteiger partial charge in [0.2, 0.25) is 0 Å². The Labute approximate surface area is 276 Å². The second-order valence-electron chi connectivity index (χ2n) is 10.8. The third-order valence-corrected chi connectivity index (χ3v) is 7.37. The number of likely N-dealkylation sites (tertiary alicyclic amines) is 1. The van der Waals surface area contributed by atoms with Gasteiger partial charge < -0.3 is 24.3 Å². The number of carboxylic acids is 3. The molecule has 278 valence electrons. The predicted octanol–water partition coefficient (Wildman–Crippen LogP) is 5.93. The molecular weight excluding hydrogens is 706 g/mol. The number of piperidine rings is 1. The van der Waals surface area contributed by atoms with Gasteiger partial charge in [-0.2, -0.15) is 39.5 Å². The summed E-state index contributed by atoms with van der Waals surface area (Å²) < 4.78 is 117. The number of likely N-dealkylation sites (N-methyl/N-ethyl adjacent to an activating group) is 1. The molecule has 1 spiro atoms. The fraction of sp³-hybridized carbons (Fsp3) is 0.448. The van der Waals surface area contributed by atoms with E-state index < -0.39 is 36.4 Å². The zero-order valence-electron chi connectivity index (χ0n) is 26.0. The van der Waals surface area contributed by atoms with Crippen molar-refractivity contribution >= 4 is 17.9 Å². The summed E-state index contributed by atoms with van der Waals surface area (Å²) in [5, 5.41) is 21.4. The highest BCUT2D eigenvalue weighted by atomic mass is 19.4. The van der Waals surface area contributed by atoms with E-state index in [0.29, 0.717) is 0 Å². The molecule has 1 fully saturated rings. The number of benzene rings is 1. The van der Waals surface area contributed by atoms with Crippen LogP contribution < -0.4 is 0 Å². The van der Waals surface area contributed by atoms with E-state index in [9.17, 15) is 43.9 Å². The zero-order chi connectivity index (χ0) is 38.2. The van der Waals surface area contributed by atoms with Crippen LogP contribution in [-0.4, -0.2) is 97.8 Å². The molecule has 11 nitrogen and oxygen atoms in total. The summed E-state index contributed by atoms with van der Waals surface area (Å²) in [6.45, 7) is 6.72. The Morgan fingerprint density at radius 2 is 1.32 bits per heavy atom. The van der Waals surface area contributed by atoms with Crippen molar-refractivity contribution in [3.8, 4) is 11.3 Å². The second-order valence-corrected chi connectivity index (χ2v) is 10.8. The number of fused-ring (bicyclic) bond motifs is 2. The number of hydrogen-bond donors (Lipinski definition) is 3. The van der Waals surface area contributed by atoms with Gasteiger partial charge in [-0.25, -0.2) is 23.8 Å². The van der Waals surface area contributed by atoms with Gasteiger partial charge >= 0.3 is 36.4 Å². The Balaban J connectivity index is 0.000000338. The van der Waals surface area contributed by atoms with Crippen LogP contribution in [0.15, 0.2) is 47.0 Å². The number of furan rings is 1. The normalized spacial score (nSPS) is 16.1. The van der Waals surface area contributed by atoms with Crippen molar-refractivity contribution in [1.82, 2.24) is 19.4 Å². The van der Waals surface area contributed by atoms with Crippen LogP contribution in [-0.2, 0) is 33.0 Å². The van der Waals surface area contributed by atoms with Crippen molar-refractivity contribution in [3.05, 3.63) is 65.8 Å². The minimum Gasteiger partial charge on any atom is -0.475 e. The number of imidazole rings is 1. The van der Waals surface area contributed by atoms with Crippen molar-refractivity contribution in [2.24, 2.45) is 0 Å². The van der Waals surface area contributed by atoms with E-state index in [1.165, 1.54) is 6.07 Å². The largest absolute Gasteiger partial charge is 0.490 e. The lowest BCUT2D eigenvalue weighted by molar-refractivity contribution is -0.193. The quantitative estimate of drug-likeness (QED) is 0.277. The van der Waals surface area contributed by atoms with E-state index in [4.69, 9.17) is 39.1 Å². The summed E-state index contributed by atoms with van der Waals surface area (Å²) in [5.41, 5.74) is 1.86. The molecular formula is C29H30F10N4O7. The monoisotopic (exact) mass is 736 g/mol. The second kappa shape index (κ2) is 16.4. The molecule has 3 N–H and O–H groups in total. The lowest BCUT2D eigenvalue weighted by Gasteiger charge is -2.49. The van der Waals surface area contributed by atoms with Crippen molar-refractivity contribution in [2.75, 3.05) is 26.7 Å². The van der Waals surface area contributed by atoms with Crippen molar-refractivity contribution in [2.45, 2.75) is 56.9 Å². The fourth-order valence-electron chi connectivity index (χ4n) is 4.96. The third-order valence-electron chi connectivity index (χ3n) is 7.37. The molecule has 4 heterocycles. The average Bonchev–Trinajstić information content (AvgIpc) is 3.62. The predicted molar refractivity (Wildman–Crippen MR) is 151 cm³/mol.